The van der Waals surface area contributed by atoms with Gasteiger partial charge in [-0.15, -0.1) is 0 Å². The maximum atomic E-state index is 5.64. The minimum absolute atomic E-state index is 0.468. The van der Waals surface area contributed by atoms with Gasteiger partial charge in [0.15, 0.2) is 0 Å². The Labute approximate surface area is 68.1 Å². The topological polar surface area (TPSA) is 50.4 Å². The molecular weight excluding hydrogens is 138 g/mol. The van der Waals surface area contributed by atoms with Gasteiger partial charge in [0.25, 0.3) is 0 Å². The number of aliphatic imine (C=N–C) groups is 1. The van der Waals surface area contributed by atoms with Crippen LogP contribution in [-0.2, 0) is 0 Å². The standard InChI is InChI=1S/C8H17N3/c1-2-3-7-4-5-10-6-8(9)11-7/h7,10H,2-6H2,1H3,(H2,9,11). The highest BCUT2D eigenvalue weighted by Crippen LogP contribution is 2.07. The average Bonchev–Trinajstić information content (AvgIpc) is 2.15. The number of nitrogens with zero attached hydrogens (tertiary/aromatic N) is 1. The van der Waals surface area contributed by atoms with Crippen LogP contribution >= 0.6 is 0 Å². The van der Waals surface area contributed by atoms with Gasteiger partial charge in [0.1, 0.15) is 5.84 Å². The van der Waals surface area contributed by atoms with Crippen molar-refractivity contribution in [2.45, 2.75) is 32.2 Å². The molecule has 1 atom stereocenters. The van der Waals surface area contributed by atoms with E-state index in [4.69, 9.17) is 5.73 Å². The van der Waals surface area contributed by atoms with Crippen molar-refractivity contribution < 1.29 is 0 Å². The molecule has 64 valence electrons. The van der Waals surface area contributed by atoms with E-state index in [-0.39, 0.29) is 0 Å². The van der Waals surface area contributed by atoms with Gasteiger partial charge in [0, 0.05) is 0 Å². The van der Waals surface area contributed by atoms with Crippen molar-refractivity contribution in [2.24, 2.45) is 10.7 Å². The van der Waals surface area contributed by atoms with E-state index in [0.717, 1.165) is 25.3 Å². The Hall–Kier alpha value is -0.570. The molecule has 1 rings (SSSR count). The summed E-state index contributed by atoms with van der Waals surface area (Å²) in [6, 6.07) is 0.468. The molecule has 1 aliphatic rings. The van der Waals surface area contributed by atoms with E-state index in [9.17, 15) is 0 Å². The highest BCUT2D eigenvalue weighted by molar-refractivity contribution is 5.82. The molecule has 0 aromatic carbocycles. The smallest absolute Gasteiger partial charge is 0.108 e. The lowest BCUT2D eigenvalue weighted by atomic mass is 10.1. The van der Waals surface area contributed by atoms with Gasteiger partial charge < -0.3 is 11.1 Å². The van der Waals surface area contributed by atoms with Gasteiger partial charge in [-0.05, 0) is 19.4 Å². The Bertz CT molecular complexity index is 142. The summed E-state index contributed by atoms with van der Waals surface area (Å²) in [6.45, 7) is 4.00. The second-order valence-corrected chi connectivity index (χ2v) is 3.03. The Morgan fingerprint density at radius 3 is 3.27 bits per heavy atom. The number of nitrogens with one attached hydrogen (secondary N) is 1. The van der Waals surface area contributed by atoms with Gasteiger partial charge in [-0.1, -0.05) is 13.3 Å². The highest BCUT2D eigenvalue weighted by atomic mass is 15.0. The summed E-state index contributed by atoms with van der Waals surface area (Å²) in [6.07, 6.45) is 3.50. The lowest BCUT2D eigenvalue weighted by Crippen LogP contribution is -2.27. The lowest BCUT2D eigenvalue weighted by molar-refractivity contribution is 0.557. The SMILES string of the molecule is CCCC1CCNCC(N)=N1. The first-order valence-corrected chi connectivity index (χ1v) is 4.35. The zero-order valence-corrected chi connectivity index (χ0v) is 7.14. The van der Waals surface area contributed by atoms with Crippen LogP contribution in [0.15, 0.2) is 4.99 Å². The summed E-state index contributed by atoms with van der Waals surface area (Å²) in [4.78, 5) is 4.40. The van der Waals surface area contributed by atoms with E-state index < -0.39 is 0 Å². The van der Waals surface area contributed by atoms with Crippen LogP contribution in [0.5, 0.6) is 0 Å². The van der Waals surface area contributed by atoms with Crippen LogP contribution in [0.2, 0.25) is 0 Å². The molecule has 0 spiro atoms. The van der Waals surface area contributed by atoms with Gasteiger partial charge in [0.2, 0.25) is 0 Å². The quantitative estimate of drug-likeness (QED) is 0.610. The van der Waals surface area contributed by atoms with Crippen molar-refractivity contribution in [3.05, 3.63) is 0 Å². The number of hydrogen-bond donors (Lipinski definition) is 2. The maximum Gasteiger partial charge on any atom is 0.108 e. The van der Waals surface area contributed by atoms with Crippen LogP contribution < -0.4 is 11.1 Å². The summed E-state index contributed by atoms with van der Waals surface area (Å²) >= 11 is 0. The largest absolute Gasteiger partial charge is 0.386 e. The molecule has 0 aromatic heterocycles. The molecule has 1 aliphatic heterocycles. The summed E-state index contributed by atoms with van der Waals surface area (Å²) in [5, 5.41) is 3.23. The van der Waals surface area contributed by atoms with Crippen molar-refractivity contribution >= 4 is 5.84 Å². The Kier molecular flexibility index (Phi) is 3.36. The maximum absolute atomic E-state index is 5.64. The monoisotopic (exact) mass is 155 g/mol. The fraction of sp³-hybridized carbons (Fsp3) is 0.875. The highest BCUT2D eigenvalue weighted by Gasteiger charge is 2.09. The van der Waals surface area contributed by atoms with Crippen LogP contribution in [0, 0.1) is 0 Å². The summed E-state index contributed by atoms with van der Waals surface area (Å²) in [5.74, 6) is 0.765. The van der Waals surface area contributed by atoms with E-state index in [1.54, 1.807) is 0 Å². The van der Waals surface area contributed by atoms with Crippen molar-refractivity contribution in [1.82, 2.24) is 5.32 Å². The molecule has 3 nitrogen and oxygen atoms in total. The molecule has 11 heavy (non-hydrogen) atoms. The van der Waals surface area contributed by atoms with Crippen LogP contribution in [0.3, 0.4) is 0 Å². The molecule has 0 aromatic rings. The van der Waals surface area contributed by atoms with Crippen LogP contribution in [-0.4, -0.2) is 25.0 Å². The molecule has 1 heterocycles. The number of hydrogen-bond acceptors (Lipinski definition) is 3. The second-order valence-electron chi connectivity index (χ2n) is 3.03. The van der Waals surface area contributed by atoms with Crippen molar-refractivity contribution in [2.75, 3.05) is 13.1 Å². The summed E-state index contributed by atoms with van der Waals surface area (Å²) in [7, 11) is 0. The number of amidine groups is 1. The minimum atomic E-state index is 0.468. The molecule has 1 unspecified atom stereocenters. The molecule has 0 fully saturated rings. The number of rotatable bonds is 2. The van der Waals surface area contributed by atoms with E-state index in [0.29, 0.717) is 6.04 Å². The third-order valence-corrected chi connectivity index (χ3v) is 1.93. The molecule has 0 aliphatic carbocycles. The van der Waals surface area contributed by atoms with Crippen LogP contribution in [0.1, 0.15) is 26.2 Å². The van der Waals surface area contributed by atoms with Gasteiger partial charge in [-0.3, -0.25) is 4.99 Å². The molecule has 0 saturated carbocycles. The van der Waals surface area contributed by atoms with Crippen molar-refractivity contribution in [3.63, 3.8) is 0 Å². The van der Waals surface area contributed by atoms with Crippen LogP contribution in [0.25, 0.3) is 0 Å². The normalized spacial score (nSPS) is 25.9. The Morgan fingerprint density at radius 2 is 2.55 bits per heavy atom. The first kappa shape index (κ1) is 8.53. The van der Waals surface area contributed by atoms with E-state index in [1.807, 2.05) is 0 Å². The predicted molar refractivity (Wildman–Crippen MR) is 47.8 cm³/mol. The van der Waals surface area contributed by atoms with Crippen molar-refractivity contribution in [3.8, 4) is 0 Å². The molecule has 0 amide bonds. The van der Waals surface area contributed by atoms with Gasteiger partial charge in [-0.2, -0.15) is 0 Å². The fourth-order valence-corrected chi connectivity index (χ4v) is 1.37. The molecule has 3 heteroatoms. The molecule has 0 radical (unpaired) electrons. The number of nitrogens with two attached hydrogens (primary N) is 1. The van der Waals surface area contributed by atoms with Crippen molar-refractivity contribution in [1.29, 1.82) is 0 Å². The minimum Gasteiger partial charge on any atom is -0.386 e. The van der Waals surface area contributed by atoms with Gasteiger partial charge in [-0.25, -0.2) is 0 Å². The zero-order valence-electron chi connectivity index (χ0n) is 7.14. The third-order valence-electron chi connectivity index (χ3n) is 1.93. The fourth-order valence-electron chi connectivity index (χ4n) is 1.37. The molecule has 3 N–H and O–H groups in total. The van der Waals surface area contributed by atoms with E-state index in [2.05, 4.69) is 17.2 Å². The van der Waals surface area contributed by atoms with Crippen LogP contribution in [0.4, 0.5) is 0 Å². The Morgan fingerprint density at radius 1 is 1.73 bits per heavy atom. The molecular formula is C8H17N3. The lowest BCUT2D eigenvalue weighted by Gasteiger charge is -2.07. The van der Waals surface area contributed by atoms with Gasteiger partial charge >= 0.3 is 0 Å². The van der Waals surface area contributed by atoms with Gasteiger partial charge in [0.05, 0.1) is 12.6 Å². The first-order chi connectivity index (χ1) is 5.33. The summed E-state index contributed by atoms with van der Waals surface area (Å²) < 4.78 is 0. The average molecular weight is 155 g/mol. The van der Waals surface area contributed by atoms with E-state index >= 15 is 0 Å². The second kappa shape index (κ2) is 4.34. The molecule has 0 saturated heterocycles. The van der Waals surface area contributed by atoms with E-state index in [1.165, 1.54) is 12.8 Å². The predicted octanol–water partition coefficient (Wildman–Crippen LogP) is 0.506. The first-order valence-electron chi connectivity index (χ1n) is 4.35. The molecule has 0 bridgehead atoms. The zero-order chi connectivity index (χ0) is 8.10. The third kappa shape index (κ3) is 2.89. The summed E-state index contributed by atoms with van der Waals surface area (Å²) in [5.41, 5.74) is 5.64. The Balaban J connectivity index is 2.42.